The second-order valence-corrected chi connectivity index (χ2v) is 5.47. The zero-order chi connectivity index (χ0) is 13.1. The third-order valence-corrected chi connectivity index (χ3v) is 4.09. The van der Waals surface area contributed by atoms with Crippen LogP contribution in [0.25, 0.3) is 0 Å². The summed E-state index contributed by atoms with van der Waals surface area (Å²) >= 11 is 5.50. The second-order valence-electron chi connectivity index (χ2n) is 4.98. The Morgan fingerprint density at radius 3 is 2.78 bits per heavy atom. The van der Waals surface area contributed by atoms with E-state index in [1.165, 1.54) is 24.0 Å². The first-order valence-corrected chi connectivity index (χ1v) is 7.19. The van der Waals surface area contributed by atoms with Crippen molar-refractivity contribution in [2.45, 2.75) is 52.0 Å². The first-order chi connectivity index (χ1) is 8.69. The Hall–Kier alpha value is -0.930. The molecule has 0 saturated carbocycles. The van der Waals surface area contributed by atoms with E-state index in [9.17, 15) is 5.11 Å². The van der Waals surface area contributed by atoms with Gasteiger partial charge in [0.1, 0.15) is 5.75 Å². The summed E-state index contributed by atoms with van der Waals surface area (Å²) < 4.78 is 0. The van der Waals surface area contributed by atoms with E-state index >= 15 is 0 Å². The van der Waals surface area contributed by atoms with E-state index in [2.05, 4.69) is 13.0 Å². The van der Waals surface area contributed by atoms with Crippen molar-refractivity contribution >= 4 is 17.1 Å². The van der Waals surface area contributed by atoms with Gasteiger partial charge < -0.3 is 10.8 Å². The summed E-state index contributed by atoms with van der Waals surface area (Å²) in [6, 6.07) is 2.07. The van der Waals surface area contributed by atoms with Crippen molar-refractivity contribution in [2.75, 3.05) is 0 Å². The van der Waals surface area contributed by atoms with Crippen LogP contribution in [0.15, 0.2) is 6.07 Å². The predicted octanol–water partition coefficient (Wildman–Crippen LogP) is 3.25. The normalized spacial score (nSPS) is 14.3. The molecule has 0 unspecified atom stereocenters. The lowest BCUT2D eigenvalue weighted by Crippen LogP contribution is -2.13. The molecule has 0 fully saturated rings. The zero-order valence-electron chi connectivity index (χ0n) is 11.0. The minimum atomic E-state index is 0.330. The molecule has 0 amide bonds. The molecule has 1 aliphatic rings. The van der Waals surface area contributed by atoms with Crippen LogP contribution < -0.4 is 5.73 Å². The molecule has 2 rings (SSSR count). The third kappa shape index (κ3) is 2.43. The van der Waals surface area contributed by atoms with Gasteiger partial charge in [-0.15, -0.1) is 0 Å². The lowest BCUT2D eigenvalue weighted by Gasteiger charge is -2.23. The highest BCUT2D eigenvalue weighted by molar-refractivity contribution is 7.80. The fraction of sp³-hybridized carbons (Fsp3) is 0.533. The highest BCUT2D eigenvalue weighted by Gasteiger charge is 2.21. The highest BCUT2D eigenvalue weighted by atomic mass is 32.1. The van der Waals surface area contributed by atoms with Crippen LogP contribution in [0, 0.1) is 0 Å². The lowest BCUT2D eigenvalue weighted by molar-refractivity contribution is 0.465. The number of phenolic OH excluding ortho intramolecular Hbond substituents is 1. The Kier molecular flexibility index (Phi) is 4.36. The maximum atomic E-state index is 10.4. The summed E-state index contributed by atoms with van der Waals surface area (Å²) in [6.45, 7) is 2.49. The van der Waals surface area contributed by atoms with Crippen LogP contribution in [0.4, 0.5) is 0 Å². The van der Waals surface area contributed by atoms with Gasteiger partial charge >= 0.3 is 0 Å². The molecular weight excluding hydrogens is 242 g/mol. The molecule has 18 heavy (non-hydrogen) atoms. The molecule has 0 aromatic heterocycles. The number of hydrogen-bond donors (Lipinski definition) is 2. The molecule has 0 saturated heterocycles. The van der Waals surface area contributed by atoms with E-state index in [4.69, 9.17) is 18.0 Å². The molecule has 2 nitrogen and oxygen atoms in total. The Bertz CT molecular complexity index is 468. The first-order valence-electron chi connectivity index (χ1n) is 6.78. The minimum absolute atomic E-state index is 0.330. The van der Waals surface area contributed by atoms with Crippen molar-refractivity contribution in [1.29, 1.82) is 0 Å². The number of hydrogen-bond acceptors (Lipinski definition) is 3. The number of rotatable bonds is 4. The molecule has 0 atom stereocenters. The van der Waals surface area contributed by atoms with Gasteiger partial charge in [0, 0.05) is 22.5 Å². The first kappa shape index (κ1) is 13.5. The maximum absolute atomic E-state index is 10.4. The van der Waals surface area contributed by atoms with Crippen LogP contribution in [0.2, 0.25) is 0 Å². The van der Waals surface area contributed by atoms with Crippen molar-refractivity contribution in [2.24, 2.45) is 5.73 Å². The average molecular weight is 263 g/mol. The molecule has 1 aromatic rings. The van der Waals surface area contributed by atoms with E-state index in [-0.39, 0.29) is 0 Å². The van der Waals surface area contributed by atoms with Crippen LogP contribution in [0.3, 0.4) is 0 Å². The molecule has 0 radical (unpaired) electrons. The van der Waals surface area contributed by atoms with Gasteiger partial charge in [-0.05, 0) is 43.2 Å². The minimum Gasteiger partial charge on any atom is -0.507 e. The number of thiocarbonyl (C=S) groups is 1. The molecule has 1 aliphatic carbocycles. The molecule has 98 valence electrons. The van der Waals surface area contributed by atoms with Crippen molar-refractivity contribution in [1.82, 2.24) is 0 Å². The van der Waals surface area contributed by atoms with Gasteiger partial charge in [0.05, 0.1) is 0 Å². The molecule has 0 spiro atoms. The summed E-state index contributed by atoms with van der Waals surface area (Å²) in [5, 5.41) is 10.4. The topological polar surface area (TPSA) is 46.2 Å². The fourth-order valence-corrected chi connectivity index (χ4v) is 3.19. The number of phenols is 1. The largest absolute Gasteiger partial charge is 0.507 e. The third-order valence-electron chi connectivity index (χ3n) is 3.68. The van der Waals surface area contributed by atoms with Gasteiger partial charge in [-0.3, -0.25) is 0 Å². The van der Waals surface area contributed by atoms with Crippen LogP contribution in [0.1, 0.15) is 54.9 Å². The van der Waals surface area contributed by atoms with Crippen molar-refractivity contribution in [3.05, 3.63) is 28.3 Å². The van der Waals surface area contributed by atoms with Gasteiger partial charge in [0.2, 0.25) is 0 Å². The average Bonchev–Trinajstić information content (AvgIpc) is 2.38. The number of aryl methyl sites for hydroxylation is 1. The Morgan fingerprint density at radius 1 is 1.39 bits per heavy atom. The summed E-state index contributed by atoms with van der Waals surface area (Å²) in [5.41, 5.74) is 10.1. The van der Waals surface area contributed by atoms with Crippen LogP contribution in [0.5, 0.6) is 5.75 Å². The Labute approximate surface area is 114 Å². The van der Waals surface area contributed by atoms with Crippen LogP contribution >= 0.6 is 12.2 Å². The second kappa shape index (κ2) is 5.81. The summed E-state index contributed by atoms with van der Waals surface area (Å²) in [7, 11) is 0. The van der Waals surface area contributed by atoms with Crippen LogP contribution in [-0.2, 0) is 19.4 Å². The number of aromatic hydroxyl groups is 1. The highest BCUT2D eigenvalue weighted by Crippen LogP contribution is 2.35. The summed E-state index contributed by atoms with van der Waals surface area (Å²) in [4.78, 5) is 0.892. The van der Waals surface area contributed by atoms with Crippen molar-refractivity contribution < 1.29 is 5.11 Å². The molecule has 1 aromatic carbocycles. The molecule has 3 heteroatoms. The van der Waals surface area contributed by atoms with Crippen molar-refractivity contribution in [3.63, 3.8) is 0 Å². The molecule has 0 aliphatic heterocycles. The van der Waals surface area contributed by atoms with E-state index in [0.29, 0.717) is 12.3 Å². The van der Waals surface area contributed by atoms with E-state index in [1.807, 2.05) is 0 Å². The molecule has 3 N–H and O–H groups in total. The van der Waals surface area contributed by atoms with Crippen molar-refractivity contribution in [3.8, 4) is 5.75 Å². The SMILES string of the molecule is CCCC(=S)c1c(O)c(CN)cc2c1CCCC2. The Balaban J connectivity index is 2.56. The number of benzene rings is 1. The maximum Gasteiger partial charge on any atom is 0.128 e. The zero-order valence-corrected chi connectivity index (χ0v) is 11.8. The quantitative estimate of drug-likeness (QED) is 0.647. The predicted molar refractivity (Wildman–Crippen MR) is 79.2 cm³/mol. The van der Waals surface area contributed by atoms with Gasteiger partial charge in [0.15, 0.2) is 0 Å². The summed E-state index contributed by atoms with van der Waals surface area (Å²) in [5.74, 6) is 0.330. The van der Waals surface area contributed by atoms with Gasteiger partial charge in [-0.1, -0.05) is 31.6 Å². The molecular formula is C15H21NOS. The van der Waals surface area contributed by atoms with Gasteiger partial charge in [-0.2, -0.15) is 0 Å². The van der Waals surface area contributed by atoms with Crippen LogP contribution in [-0.4, -0.2) is 9.97 Å². The number of nitrogens with two attached hydrogens (primary N) is 1. The van der Waals surface area contributed by atoms with E-state index in [1.54, 1.807) is 0 Å². The monoisotopic (exact) mass is 263 g/mol. The molecule has 0 heterocycles. The Morgan fingerprint density at radius 2 is 2.11 bits per heavy atom. The number of fused-ring (bicyclic) bond motifs is 1. The fourth-order valence-electron chi connectivity index (χ4n) is 2.76. The van der Waals surface area contributed by atoms with Gasteiger partial charge in [0.25, 0.3) is 0 Å². The van der Waals surface area contributed by atoms with Gasteiger partial charge in [-0.25, -0.2) is 0 Å². The standard InChI is InChI=1S/C15H21NOS/c1-2-5-13(18)14-12-7-4-3-6-10(12)8-11(9-16)15(14)17/h8,17H,2-7,9,16H2,1H3. The summed E-state index contributed by atoms with van der Waals surface area (Å²) in [6.07, 6.45) is 6.42. The molecule has 0 bridgehead atoms. The van der Waals surface area contributed by atoms with E-state index < -0.39 is 0 Å². The smallest absolute Gasteiger partial charge is 0.128 e. The lowest BCUT2D eigenvalue weighted by atomic mass is 9.84. The van der Waals surface area contributed by atoms with E-state index in [0.717, 1.165) is 41.7 Å².